The van der Waals surface area contributed by atoms with Gasteiger partial charge in [0.25, 0.3) is 0 Å². The Kier molecular flexibility index (Phi) is 4.19. The molecule has 0 radical (unpaired) electrons. The highest BCUT2D eigenvalue weighted by Crippen LogP contribution is 2.38. The molecule has 2 aliphatic rings. The molecule has 0 aliphatic carbocycles. The van der Waals surface area contributed by atoms with Crippen molar-refractivity contribution in [2.24, 2.45) is 0 Å². The lowest BCUT2D eigenvalue weighted by atomic mass is 10.1. The largest absolute Gasteiger partial charge is 0.497 e. The molecule has 2 fully saturated rings. The summed E-state index contributed by atoms with van der Waals surface area (Å²) in [6, 6.07) is 13.4. The Bertz CT molecular complexity index is 961. The standard InChI is InChI=1S/C18H17BrN2O4S/c1-25-15-7-5-13(6-8-15)20-16-10-26(23,24)11-17(16)21(18(20)22)14-4-2-3-12(19)9-14/h2-9,16-17H,10-11H2,1H3/t16-,17+/m0/s1. The van der Waals surface area contributed by atoms with Crippen molar-refractivity contribution in [1.29, 1.82) is 0 Å². The van der Waals surface area contributed by atoms with E-state index in [2.05, 4.69) is 15.9 Å². The molecule has 2 aliphatic heterocycles. The first-order chi connectivity index (χ1) is 12.4. The maximum Gasteiger partial charge on any atom is 0.329 e. The third kappa shape index (κ3) is 2.87. The average Bonchev–Trinajstić information content (AvgIpc) is 3.03. The van der Waals surface area contributed by atoms with Crippen LogP contribution in [0.25, 0.3) is 0 Å². The van der Waals surface area contributed by atoms with Crippen LogP contribution in [-0.4, -0.2) is 45.1 Å². The fraction of sp³-hybridized carbons (Fsp3) is 0.278. The highest BCUT2D eigenvalue weighted by Gasteiger charge is 2.54. The molecule has 2 amide bonds. The lowest BCUT2D eigenvalue weighted by molar-refractivity contribution is 0.255. The molecule has 2 heterocycles. The van der Waals surface area contributed by atoms with Gasteiger partial charge in [-0.3, -0.25) is 9.80 Å². The van der Waals surface area contributed by atoms with Crippen molar-refractivity contribution in [3.05, 3.63) is 53.0 Å². The SMILES string of the molecule is COc1ccc(N2C(=O)N(c3cccc(Br)c3)[C@@H]3CS(=O)(=O)C[C@@H]32)cc1. The second kappa shape index (κ2) is 6.28. The molecule has 136 valence electrons. The lowest BCUT2D eigenvalue weighted by Gasteiger charge is -2.23. The molecular weight excluding hydrogens is 420 g/mol. The molecule has 2 saturated heterocycles. The summed E-state index contributed by atoms with van der Waals surface area (Å²) in [4.78, 5) is 16.4. The van der Waals surface area contributed by atoms with Gasteiger partial charge in [0.15, 0.2) is 9.84 Å². The van der Waals surface area contributed by atoms with Crippen molar-refractivity contribution >= 4 is 43.2 Å². The summed E-state index contributed by atoms with van der Waals surface area (Å²) in [5, 5.41) is 0. The van der Waals surface area contributed by atoms with Crippen LogP contribution >= 0.6 is 15.9 Å². The molecule has 6 nitrogen and oxygen atoms in total. The van der Waals surface area contributed by atoms with E-state index in [0.29, 0.717) is 17.1 Å². The molecule has 0 bridgehead atoms. The van der Waals surface area contributed by atoms with Gasteiger partial charge >= 0.3 is 6.03 Å². The highest BCUT2D eigenvalue weighted by molar-refractivity contribution is 9.10. The number of hydrogen-bond donors (Lipinski definition) is 0. The maximum absolute atomic E-state index is 13.2. The number of carbonyl (C=O) groups is 1. The predicted molar refractivity (Wildman–Crippen MR) is 104 cm³/mol. The van der Waals surface area contributed by atoms with E-state index >= 15 is 0 Å². The van der Waals surface area contributed by atoms with Crippen LogP contribution in [0.15, 0.2) is 53.0 Å². The number of nitrogens with zero attached hydrogens (tertiary/aromatic N) is 2. The van der Waals surface area contributed by atoms with Crippen molar-refractivity contribution in [3.63, 3.8) is 0 Å². The number of methoxy groups -OCH3 is 1. The number of carbonyl (C=O) groups excluding carboxylic acids is 1. The molecule has 4 rings (SSSR count). The summed E-state index contributed by atoms with van der Waals surface area (Å²) < 4.78 is 30.6. The summed E-state index contributed by atoms with van der Waals surface area (Å²) in [7, 11) is -1.63. The number of amides is 2. The zero-order chi connectivity index (χ0) is 18.5. The number of fused-ring (bicyclic) bond motifs is 1. The topological polar surface area (TPSA) is 66.9 Å². The number of rotatable bonds is 3. The molecule has 2 aromatic rings. The van der Waals surface area contributed by atoms with Gasteiger partial charge in [0.05, 0.1) is 30.7 Å². The number of sulfone groups is 1. The first-order valence-electron chi connectivity index (χ1n) is 8.12. The summed E-state index contributed by atoms with van der Waals surface area (Å²) in [6.07, 6.45) is 0. The zero-order valence-corrected chi connectivity index (χ0v) is 16.4. The third-order valence-electron chi connectivity index (χ3n) is 4.81. The van der Waals surface area contributed by atoms with Gasteiger partial charge in [-0.2, -0.15) is 0 Å². The van der Waals surface area contributed by atoms with E-state index in [1.54, 1.807) is 41.2 Å². The Morgan fingerprint density at radius 2 is 1.62 bits per heavy atom. The molecule has 0 unspecified atom stereocenters. The Hall–Kier alpha value is -2.06. The summed E-state index contributed by atoms with van der Waals surface area (Å²) in [5.74, 6) is 0.627. The summed E-state index contributed by atoms with van der Waals surface area (Å²) in [5.41, 5.74) is 1.35. The van der Waals surface area contributed by atoms with Crippen LogP contribution in [0.4, 0.5) is 16.2 Å². The maximum atomic E-state index is 13.2. The molecule has 8 heteroatoms. The minimum atomic E-state index is -3.21. The van der Waals surface area contributed by atoms with Crippen LogP contribution < -0.4 is 14.5 Å². The molecule has 0 aromatic heterocycles. The second-order valence-electron chi connectivity index (χ2n) is 6.41. The summed E-state index contributed by atoms with van der Waals surface area (Å²) >= 11 is 3.42. The predicted octanol–water partition coefficient (Wildman–Crippen LogP) is 3.07. The zero-order valence-electron chi connectivity index (χ0n) is 14.0. The van der Waals surface area contributed by atoms with Gasteiger partial charge in [0, 0.05) is 15.8 Å². The van der Waals surface area contributed by atoms with E-state index in [0.717, 1.165) is 4.47 Å². The number of ether oxygens (including phenoxy) is 1. The van der Waals surface area contributed by atoms with Gasteiger partial charge in [-0.1, -0.05) is 22.0 Å². The van der Waals surface area contributed by atoms with Gasteiger partial charge in [0.1, 0.15) is 5.75 Å². The minimum absolute atomic E-state index is 0.0252. The molecular formula is C18H17BrN2O4S. The third-order valence-corrected chi connectivity index (χ3v) is 7.00. The summed E-state index contributed by atoms with van der Waals surface area (Å²) in [6.45, 7) is 0. The molecule has 26 heavy (non-hydrogen) atoms. The monoisotopic (exact) mass is 436 g/mol. The molecule has 0 spiro atoms. The van der Waals surface area contributed by atoms with Crippen molar-refractivity contribution in [2.75, 3.05) is 28.4 Å². The molecule has 0 saturated carbocycles. The number of urea groups is 1. The fourth-order valence-corrected chi connectivity index (χ4v) is 5.98. The number of hydrogen-bond acceptors (Lipinski definition) is 4. The van der Waals surface area contributed by atoms with E-state index in [4.69, 9.17) is 4.74 Å². The lowest BCUT2D eigenvalue weighted by Crippen LogP contribution is -2.37. The molecule has 0 N–H and O–H groups in total. The van der Waals surface area contributed by atoms with E-state index in [9.17, 15) is 13.2 Å². The van der Waals surface area contributed by atoms with E-state index in [1.807, 2.05) is 24.3 Å². The first-order valence-corrected chi connectivity index (χ1v) is 10.7. The number of halogens is 1. The number of anilines is 2. The second-order valence-corrected chi connectivity index (χ2v) is 9.48. The Morgan fingerprint density at radius 3 is 2.19 bits per heavy atom. The van der Waals surface area contributed by atoms with E-state index in [1.165, 1.54) is 0 Å². The Labute approximate surface area is 160 Å². The first kappa shape index (κ1) is 17.4. The van der Waals surface area contributed by atoms with Gasteiger partial charge in [-0.25, -0.2) is 13.2 Å². The quantitative estimate of drug-likeness (QED) is 0.693. The van der Waals surface area contributed by atoms with Crippen molar-refractivity contribution in [1.82, 2.24) is 0 Å². The minimum Gasteiger partial charge on any atom is -0.497 e. The van der Waals surface area contributed by atoms with Gasteiger partial charge in [-0.05, 0) is 42.5 Å². The van der Waals surface area contributed by atoms with Crippen LogP contribution in [0.3, 0.4) is 0 Å². The van der Waals surface area contributed by atoms with Crippen LogP contribution in [0.1, 0.15) is 0 Å². The fourth-order valence-electron chi connectivity index (χ4n) is 3.68. The van der Waals surface area contributed by atoms with Crippen molar-refractivity contribution < 1.29 is 17.9 Å². The van der Waals surface area contributed by atoms with Crippen LogP contribution in [0.2, 0.25) is 0 Å². The Morgan fingerprint density at radius 1 is 1.00 bits per heavy atom. The van der Waals surface area contributed by atoms with Crippen molar-refractivity contribution in [2.45, 2.75) is 12.1 Å². The molecule has 2 atom stereocenters. The van der Waals surface area contributed by atoms with Crippen molar-refractivity contribution in [3.8, 4) is 5.75 Å². The number of benzene rings is 2. The van der Waals surface area contributed by atoms with Crippen LogP contribution in [-0.2, 0) is 9.84 Å². The average molecular weight is 437 g/mol. The van der Waals surface area contributed by atoms with E-state index in [-0.39, 0.29) is 17.5 Å². The van der Waals surface area contributed by atoms with Gasteiger partial charge < -0.3 is 4.74 Å². The highest BCUT2D eigenvalue weighted by atomic mass is 79.9. The van der Waals surface area contributed by atoms with Gasteiger partial charge in [-0.15, -0.1) is 0 Å². The molecule has 2 aromatic carbocycles. The normalized spacial score (nSPS) is 24.0. The van der Waals surface area contributed by atoms with Crippen LogP contribution in [0.5, 0.6) is 5.75 Å². The van der Waals surface area contributed by atoms with Crippen LogP contribution in [0, 0.1) is 0 Å². The van der Waals surface area contributed by atoms with Gasteiger partial charge in [0.2, 0.25) is 0 Å². The Balaban J connectivity index is 1.78. The van der Waals surface area contributed by atoms with E-state index < -0.39 is 21.9 Å². The smallest absolute Gasteiger partial charge is 0.329 e.